The molecule has 9 heteroatoms. The van der Waals surface area contributed by atoms with Gasteiger partial charge in [0.2, 0.25) is 0 Å². The molecule has 0 atom stereocenters. The van der Waals surface area contributed by atoms with Crippen LogP contribution in [0.2, 0.25) is 0 Å². The van der Waals surface area contributed by atoms with E-state index in [2.05, 4.69) is 4.98 Å². The zero-order valence-electron chi connectivity index (χ0n) is 14.6. The molecule has 0 saturated carbocycles. The van der Waals surface area contributed by atoms with Crippen LogP contribution in [0.15, 0.2) is 22.7 Å². The fourth-order valence-electron chi connectivity index (χ4n) is 2.77. The van der Waals surface area contributed by atoms with Crippen LogP contribution in [0.4, 0.5) is 10.6 Å². The van der Waals surface area contributed by atoms with Crippen molar-refractivity contribution in [2.24, 2.45) is 0 Å². The van der Waals surface area contributed by atoms with Crippen molar-refractivity contribution in [3.63, 3.8) is 0 Å². The van der Waals surface area contributed by atoms with E-state index < -0.39 is 12.7 Å². The molecule has 3 heterocycles. The van der Waals surface area contributed by atoms with Crippen LogP contribution >= 0.6 is 0 Å². The number of fused-ring (bicyclic) bond motifs is 1. The number of carbonyl (C=O) groups is 1. The summed E-state index contributed by atoms with van der Waals surface area (Å²) >= 11 is 0. The number of nitrogens with zero attached hydrogens (tertiary/aromatic N) is 3. The van der Waals surface area contributed by atoms with Gasteiger partial charge < -0.3 is 29.0 Å². The van der Waals surface area contributed by atoms with Crippen LogP contribution in [-0.4, -0.2) is 64.9 Å². The quantitative estimate of drug-likeness (QED) is 0.766. The van der Waals surface area contributed by atoms with Crippen LogP contribution in [0.5, 0.6) is 0 Å². The van der Waals surface area contributed by atoms with Gasteiger partial charge in [-0.15, -0.1) is 0 Å². The Morgan fingerprint density at radius 3 is 2.56 bits per heavy atom. The molecule has 0 aliphatic carbocycles. The molecule has 2 aromatic heterocycles. The van der Waals surface area contributed by atoms with Gasteiger partial charge in [-0.25, -0.2) is 9.78 Å². The van der Waals surface area contributed by atoms with E-state index in [1.54, 1.807) is 23.2 Å². The Labute approximate surface area is 146 Å². The number of hydrogen-bond acceptors (Lipinski definition) is 7. The number of piperazine rings is 1. The molecule has 25 heavy (non-hydrogen) atoms. The van der Waals surface area contributed by atoms with Crippen LogP contribution in [0, 0.1) is 0 Å². The molecule has 0 aromatic carbocycles. The smallest absolute Gasteiger partial charge is 0.464 e. The number of ether oxygens (including phenoxy) is 1. The minimum atomic E-state index is -1.66. The molecule has 0 unspecified atom stereocenters. The van der Waals surface area contributed by atoms with E-state index in [1.165, 1.54) is 0 Å². The molecule has 0 spiro atoms. The van der Waals surface area contributed by atoms with E-state index >= 15 is 0 Å². The van der Waals surface area contributed by atoms with Gasteiger partial charge in [-0.1, -0.05) is 0 Å². The average molecular weight is 347 g/mol. The third-order valence-corrected chi connectivity index (χ3v) is 3.93. The van der Waals surface area contributed by atoms with Crippen LogP contribution in [-0.2, 0) is 4.74 Å². The molecule has 2 N–H and O–H groups in total. The Bertz CT molecular complexity index is 763. The topological polar surface area (TPSA) is 99.3 Å². The lowest BCUT2D eigenvalue weighted by Crippen LogP contribution is -2.50. The second-order valence-corrected chi connectivity index (χ2v) is 7.02. The average Bonchev–Trinajstić information content (AvgIpc) is 2.98. The summed E-state index contributed by atoms with van der Waals surface area (Å²) in [5, 5.41) is 19.3. The number of anilines is 1. The second kappa shape index (κ2) is 6.57. The fraction of sp³-hybridized carbons (Fsp3) is 0.500. The zero-order chi connectivity index (χ0) is 18.2. The van der Waals surface area contributed by atoms with Crippen molar-refractivity contribution in [1.29, 1.82) is 0 Å². The molecular weight excluding hydrogens is 325 g/mol. The molecule has 134 valence electrons. The lowest BCUT2D eigenvalue weighted by atomic mass is 9.88. The first-order valence-corrected chi connectivity index (χ1v) is 8.22. The van der Waals surface area contributed by atoms with Crippen molar-refractivity contribution >= 4 is 35.7 Å². The largest absolute Gasteiger partial charge is 0.526 e. The van der Waals surface area contributed by atoms with Gasteiger partial charge in [0.25, 0.3) is 0 Å². The number of aromatic nitrogens is 1. The summed E-state index contributed by atoms with van der Waals surface area (Å²) in [5.41, 5.74) is 0.110. The lowest BCUT2D eigenvalue weighted by Gasteiger charge is -2.36. The monoisotopic (exact) mass is 347 g/mol. The third kappa shape index (κ3) is 3.88. The summed E-state index contributed by atoms with van der Waals surface area (Å²) in [6, 6.07) is 3.27. The Morgan fingerprint density at radius 2 is 1.96 bits per heavy atom. The van der Waals surface area contributed by atoms with Gasteiger partial charge in [0, 0.05) is 32.4 Å². The number of carbonyl (C=O) groups excluding carboxylic acids is 1. The normalized spacial score (nSPS) is 15.6. The van der Waals surface area contributed by atoms with Crippen LogP contribution in [0.25, 0.3) is 11.0 Å². The highest BCUT2D eigenvalue weighted by atomic mass is 16.6. The molecule has 8 nitrogen and oxygen atoms in total. The molecule has 2 aromatic rings. The number of pyridine rings is 1. The first kappa shape index (κ1) is 17.6. The zero-order valence-corrected chi connectivity index (χ0v) is 14.6. The minimum Gasteiger partial charge on any atom is -0.464 e. The molecule has 1 fully saturated rings. The summed E-state index contributed by atoms with van der Waals surface area (Å²) < 4.78 is 10.8. The maximum Gasteiger partial charge on any atom is 0.526 e. The van der Waals surface area contributed by atoms with Crippen molar-refractivity contribution in [2.75, 3.05) is 31.1 Å². The van der Waals surface area contributed by atoms with E-state index in [1.807, 2.05) is 25.7 Å². The Kier molecular flexibility index (Phi) is 4.61. The van der Waals surface area contributed by atoms with Crippen molar-refractivity contribution < 1.29 is 24.0 Å². The van der Waals surface area contributed by atoms with E-state index in [0.717, 1.165) is 5.39 Å². The number of rotatable bonds is 2. The Hall–Kier alpha value is -2.26. The Morgan fingerprint density at radius 1 is 1.28 bits per heavy atom. The predicted molar refractivity (Wildman–Crippen MR) is 93.9 cm³/mol. The van der Waals surface area contributed by atoms with E-state index in [0.29, 0.717) is 37.6 Å². The molecule has 0 bridgehead atoms. The van der Waals surface area contributed by atoms with Gasteiger partial charge >= 0.3 is 13.2 Å². The molecule has 1 saturated heterocycles. The molecule has 1 aliphatic heterocycles. The van der Waals surface area contributed by atoms with Gasteiger partial charge in [0.05, 0.1) is 5.39 Å². The maximum absolute atomic E-state index is 12.1. The summed E-state index contributed by atoms with van der Waals surface area (Å²) in [6.07, 6.45) is 1.31. The Balaban J connectivity index is 1.73. The molecule has 1 amide bonds. The first-order valence-electron chi connectivity index (χ1n) is 8.22. The minimum absolute atomic E-state index is 0.0802. The molecule has 3 rings (SSSR count). The fourth-order valence-corrected chi connectivity index (χ4v) is 2.77. The van der Waals surface area contributed by atoms with Crippen molar-refractivity contribution in [1.82, 2.24) is 9.88 Å². The van der Waals surface area contributed by atoms with E-state index in [9.17, 15) is 14.8 Å². The second-order valence-electron chi connectivity index (χ2n) is 7.02. The number of hydrogen-bond donors (Lipinski definition) is 2. The van der Waals surface area contributed by atoms with Gasteiger partial charge in [-0.2, -0.15) is 0 Å². The summed E-state index contributed by atoms with van der Waals surface area (Å²) in [7, 11) is -1.66. The van der Waals surface area contributed by atoms with E-state index in [-0.39, 0.29) is 11.8 Å². The maximum atomic E-state index is 12.1. The highest BCUT2D eigenvalue weighted by Gasteiger charge is 2.28. The lowest BCUT2D eigenvalue weighted by molar-refractivity contribution is 0.0240. The van der Waals surface area contributed by atoms with Gasteiger partial charge in [0.1, 0.15) is 22.7 Å². The molecular formula is C16H22BN3O5. The van der Waals surface area contributed by atoms with Gasteiger partial charge in [0.15, 0.2) is 0 Å². The molecule has 1 aliphatic rings. The van der Waals surface area contributed by atoms with Gasteiger partial charge in [-0.05, 0) is 32.9 Å². The van der Waals surface area contributed by atoms with Crippen molar-refractivity contribution in [3.8, 4) is 0 Å². The van der Waals surface area contributed by atoms with Crippen LogP contribution in [0.1, 0.15) is 20.8 Å². The van der Waals surface area contributed by atoms with Crippen molar-refractivity contribution in [3.05, 3.63) is 18.3 Å². The molecule has 0 radical (unpaired) electrons. The van der Waals surface area contributed by atoms with E-state index in [4.69, 9.17) is 9.15 Å². The summed E-state index contributed by atoms with van der Waals surface area (Å²) in [6.45, 7) is 7.80. The number of furan rings is 1. The standard InChI is InChI=1S/C16H22BN3O5/c1-16(2,3)25-15(21)20-8-6-19(7-9-20)14-11-10-13(17(22)23)24-12(11)4-5-18-14/h4-5,10,22-23H,6-9H2,1-3H3. The summed E-state index contributed by atoms with van der Waals surface area (Å²) in [5.74, 6) is 0.706. The predicted octanol–water partition coefficient (Wildman–Crippen LogP) is 0.565. The highest BCUT2D eigenvalue weighted by molar-refractivity contribution is 6.57. The van der Waals surface area contributed by atoms with Gasteiger partial charge in [-0.3, -0.25) is 0 Å². The van der Waals surface area contributed by atoms with Crippen molar-refractivity contribution in [2.45, 2.75) is 26.4 Å². The first-order chi connectivity index (χ1) is 11.7. The number of amides is 1. The highest BCUT2D eigenvalue weighted by Crippen LogP contribution is 2.25. The SMILES string of the molecule is CC(C)(C)OC(=O)N1CCN(c2nccc3oc(B(O)O)cc23)CC1. The van der Waals surface area contributed by atoms with Crippen LogP contribution in [0.3, 0.4) is 0 Å². The summed E-state index contributed by atoms with van der Waals surface area (Å²) in [4.78, 5) is 20.3. The van der Waals surface area contributed by atoms with Crippen LogP contribution < -0.4 is 10.6 Å². The third-order valence-electron chi connectivity index (χ3n) is 3.93.